The largest absolute Gasteiger partial charge is 0.331 e. The number of anilines is 1. The Hall–Kier alpha value is -2.41. The van der Waals surface area contributed by atoms with Gasteiger partial charge in [-0.1, -0.05) is 6.92 Å². The van der Waals surface area contributed by atoms with Crippen LogP contribution in [0.1, 0.15) is 43.4 Å². The fraction of sp³-hybridized carbons (Fsp3) is 0.500. The molecule has 1 saturated carbocycles. The number of imidazole rings is 1. The lowest BCUT2D eigenvalue weighted by atomic mass is 10.1. The molecule has 25 heavy (non-hydrogen) atoms. The van der Waals surface area contributed by atoms with E-state index in [0.717, 1.165) is 23.4 Å². The van der Waals surface area contributed by atoms with Crippen molar-refractivity contribution in [2.24, 2.45) is 0 Å². The van der Waals surface area contributed by atoms with Crippen molar-refractivity contribution in [1.29, 1.82) is 0 Å². The molecule has 0 aromatic carbocycles. The van der Waals surface area contributed by atoms with E-state index in [1.807, 2.05) is 30.6 Å². The molecule has 2 fully saturated rings. The second-order valence-corrected chi connectivity index (χ2v) is 6.84. The number of nitrogens with zero attached hydrogens (tertiary/aromatic N) is 4. The van der Waals surface area contributed by atoms with Gasteiger partial charge in [0.15, 0.2) is 5.65 Å². The summed E-state index contributed by atoms with van der Waals surface area (Å²) in [6.07, 6.45) is 7.22. The molecule has 2 aromatic rings. The number of amides is 3. The Balaban J connectivity index is 1.79. The number of rotatable bonds is 6. The van der Waals surface area contributed by atoms with Crippen molar-refractivity contribution >= 4 is 23.3 Å². The summed E-state index contributed by atoms with van der Waals surface area (Å²) in [6, 6.07) is 1.81. The molecule has 7 heteroatoms. The van der Waals surface area contributed by atoms with E-state index in [0.29, 0.717) is 19.0 Å². The average molecular weight is 341 g/mol. The molecule has 7 nitrogen and oxygen atoms in total. The smallest absolute Gasteiger partial charge is 0.314 e. The number of nitrogens with one attached hydrogen (secondary N) is 1. The van der Waals surface area contributed by atoms with E-state index >= 15 is 0 Å². The first kappa shape index (κ1) is 16.1. The van der Waals surface area contributed by atoms with Crippen LogP contribution in [0.15, 0.2) is 18.5 Å². The highest BCUT2D eigenvalue weighted by Crippen LogP contribution is 2.42. The third-order valence-corrected chi connectivity index (χ3v) is 4.80. The van der Waals surface area contributed by atoms with Crippen molar-refractivity contribution < 1.29 is 9.59 Å². The molecular weight excluding hydrogens is 318 g/mol. The number of carbonyl (C=O) groups is 2. The Bertz CT molecular complexity index is 839. The fourth-order valence-corrected chi connectivity index (χ4v) is 3.43. The zero-order chi connectivity index (χ0) is 17.6. The number of pyridine rings is 1. The van der Waals surface area contributed by atoms with Gasteiger partial charge in [-0.15, -0.1) is 0 Å². The van der Waals surface area contributed by atoms with Gasteiger partial charge in [-0.2, -0.15) is 0 Å². The zero-order valence-corrected chi connectivity index (χ0v) is 14.7. The molecule has 0 bridgehead atoms. The van der Waals surface area contributed by atoms with E-state index in [2.05, 4.69) is 16.5 Å². The van der Waals surface area contributed by atoms with Gasteiger partial charge in [-0.3, -0.25) is 14.6 Å². The lowest BCUT2D eigenvalue weighted by Gasteiger charge is -2.18. The second-order valence-electron chi connectivity index (χ2n) is 6.84. The number of hydrogen-bond acceptors (Lipinski definition) is 4. The van der Waals surface area contributed by atoms with E-state index < -0.39 is 0 Å². The molecular formula is C18H23N5O2. The molecule has 0 radical (unpaired) electrons. The van der Waals surface area contributed by atoms with Gasteiger partial charge in [0.05, 0.1) is 11.4 Å². The van der Waals surface area contributed by atoms with Crippen LogP contribution in [-0.2, 0) is 11.3 Å². The van der Waals surface area contributed by atoms with E-state index in [1.165, 1.54) is 23.3 Å². The van der Waals surface area contributed by atoms with Crippen LogP contribution >= 0.6 is 0 Å². The van der Waals surface area contributed by atoms with Gasteiger partial charge in [0.2, 0.25) is 0 Å². The SMILES string of the molecule is CCCN1C(=O)CN(c2cc(C3CC3)cn3cc(CNC)nc23)C1=O. The van der Waals surface area contributed by atoms with Crippen molar-refractivity contribution in [2.75, 3.05) is 25.0 Å². The Morgan fingerprint density at radius 2 is 2.08 bits per heavy atom. The monoisotopic (exact) mass is 341 g/mol. The van der Waals surface area contributed by atoms with Crippen LogP contribution in [0.4, 0.5) is 10.5 Å². The number of hydrogen-bond donors (Lipinski definition) is 1. The molecule has 1 saturated heterocycles. The summed E-state index contributed by atoms with van der Waals surface area (Å²) in [4.78, 5) is 32.6. The summed E-state index contributed by atoms with van der Waals surface area (Å²) in [5, 5.41) is 3.10. The number of urea groups is 1. The standard InChI is InChI=1S/C18H23N5O2/c1-3-6-22-16(24)11-23(18(22)25)15-7-13(12-4-5-12)9-21-10-14(8-19-2)20-17(15)21/h7,9-10,12,19H,3-6,8,11H2,1-2H3. The molecule has 0 unspecified atom stereocenters. The highest BCUT2D eigenvalue weighted by atomic mass is 16.2. The maximum absolute atomic E-state index is 12.8. The molecule has 132 valence electrons. The number of carbonyl (C=O) groups excluding carboxylic acids is 2. The maximum Gasteiger partial charge on any atom is 0.331 e. The Morgan fingerprint density at radius 3 is 2.76 bits per heavy atom. The Kier molecular flexibility index (Phi) is 3.95. The highest BCUT2D eigenvalue weighted by Gasteiger charge is 2.38. The molecule has 1 N–H and O–H groups in total. The van der Waals surface area contributed by atoms with Crippen LogP contribution in [0.5, 0.6) is 0 Å². The van der Waals surface area contributed by atoms with Crippen LogP contribution in [-0.4, -0.2) is 46.4 Å². The minimum absolute atomic E-state index is 0.0941. The summed E-state index contributed by atoms with van der Waals surface area (Å²) < 4.78 is 2.00. The summed E-state index contributed by atoms with van der Waals surface area (Å²) in [6.45, 7) is 3.19. The predicted molar refractivity (Wildman–Crippen MR) is 94.7 cm³/mol. The van der Waals surface area contributed by atoms with Crippen LogP contribution in [0.25, 0.3) is 5.65 Å². The van der Waals surface area contributed by atoms with Crippen LogP contribution in [0.2, 0.25) is 0 Å². The fourth-order valence-electron chi connectivity index (χ4n) is 3.43. The molecule has 1 aliphatic carbocycles. The van der Waals surface area contributed by atoms with Crippen molar-refractivity contribution in [1.82, 2.24) is 19.6 Å². The summed E-state index contributed by atoms with van der Waals surface area (Å²) in [7, 11) is 1.88. The molecule has 0 atom stereocenters. The number of aromatic nitrogens is 2. The van der Waals surface area contributed by atoms with Gasteiger partial charge < -0.3 is 9.72 Å². The molecule has 3 amide bonds. The minimum atomic E-state index is -0.236. The highest BCUT2D eigenvalue weighted by molar-refractivity contribution is 6.13. The van der Waals surface area contributed by atoms with Crippen LogP contribution in [0.3, 0.4) is 0 Å². The van der Waals surface area contributed by atoms with Gasteiger partial charge in [-0.25, -0.2) is 9.78 Å². The third kappa shape index (κ3) is 2.78. The van der Waals surface area contributed by atoms with Crippen molar-refractivity contribution in [3.8, 4) is 0 Å². The van der Waals surface area contributed by atoms with Crippen molar-refractivity contribution in [3.05, 3.63) is 29.7 Å². The van der Waals surface area contributed by atoms with Gasteiger partial charge in [-0.05, 0) is 43.9 Å². The summed E-state index contributed by atoms with van der Waals surface area (Å²) in [5.74, 6) is 0.419. The van der Waals surface area contributed by atoms with E-state index in [4.69, 9.17) is 0 Å². The van der Waals surface area contributed by atoms with Gasteiger partial charge in [0, 0.05) is 25.5 Å². The van der Waals surface area contributed by atoms with Gasteiger partial charge in [0.25, 0.3) is 5.91 Å². The first-order valence-corrected chi connectivity index (χ1v) is 8.90. The average Bonchev–Trinajstić information content (AvgIpc) is 3.31. The van der Waals surface area contributed by atoms with Gasteiger partial charge in [0.1, 0.15) is 6.54 Å². The molecule has 3 heterocycles. The third-order valence-electron chi connectivity index (χ3n) is 4.80. The van der Waals surface area contributed by atoms with Crippen molar-refractivity contribution in [2.45, 2.75) is 38.6 Å². The topological polar surface area (TPSA) is 70.0 Å². The first-order valence-electron chi connectivity index (χ1n) is 8.90. The zero-order valence-electron chi connectivity index (χ0n) is 14.7. The lowest BCUT2D eigenvalue weighted by Crippen LogP contribution is -2.33. The first-order chi connectivity index (χ1) is 12.1. The molecule has 2 aromatic heterocycles. The Morgan fingerprint density at radius 1 is 1.28 bits per heavy atom. The van der Waals surface area contributed by atoms with Crippen LogP contribution in [0, 0.1) is 0 Å². The summed E-state index contributed by atoms with van der Waals surface area (Å²) >= 11 is 0. The molecule has 4 rings (SSSR count). The number of fused-ring (bicyclic) bond motifs is 1. The van der Waals surface area contributed by atoms with E-state index in [1.54, 1.807) is 4.90 Å². The quantitative estimate of drug-likeness (QED) is 0.817. The number of imide groups is 1. The normalized spacial score (nSPS) is 18.0. The molecule has 2 aliphatic rings. The summed E-state index contributed by atoms with van der Waals surface area (Å²) in [5.41, 5.74) is 3.60. The maximum atomic E-state index is 12.8. The van der Waals surface area contributed by atoms with E-state index in [-0.39, 0.29) is 18.5 Å². The van der Waals surface area contributed by atoms with E-state index in [9.17, 15) is 9.59 Å². The van der Waals surface area contributed by atoms with Crippen molar-refractivity contribution in [3.63, 3.8) is 0 Å². The Labute approximate surface area is 146 Å². The second kappa shape index (κ2) is 6.15. The lowest BCUT2D eigenvalue weighted by molar-refractivity contribution is -0.124. The molecule has 0 spiro atoms. The predicted octanol–water partition coefficient (Wildman–Crippen LogP) is 2.11. The minimum Gasteiger partial charge on any atom is -0.314 e. The van der Waals surface area contributed by atoms with Gasteiger partial charge >= 0.3 is 6.03 Å². The molecule has 1 aliphatic heterocycles. The van der Waals surface area contributed by atoms with Crippen LogP contribution < -0.4 is 10.2 Å².